The highest BCUT2D eigenvalue weighted by molar-refractivity contribution is 7.98. The summed E-state index contributed by atoms with van der Waals surface area (Å²) in [6.45, 7) is 8.08. The van der Waals surface area contributed by atoms with Crippen LogP contribution >= 0.6 is 12.1 Å². The zero-order chi connectivity index (χ0) is 27.3. The van der Waals surface area contributed by atoms with Gasteiger partial charge < -0.3 is 4.31 Å². The molecule has 0 saturated carbocycles. The second-order valence-electron chi connectivity index (χ2n) is 9.73. The molecule has 0 atom stereocenters. The average molecular weight is 538 g/mol. The minimum Gasteiger partial charge on any atom is -0.306 e. The lowest BCUT2D eigenvalue weighted by molar-refractivity contribution is -0.137. The van der Waals surface area contributed by atoms with E-state index in [0.717, 1.165) is 55.0 Å². The summed E-state index contributed by atoms with van der Waals surface area (Å²) in [5.41, 5.74) is 8.13. The molecule has 1 aliphatic rings. The van der Waals surface area contributed by atoms with E-state index in [2.05, 4.69) is 85.0 Å². The van der Waals surface area contributed by atoms with E-state index < -0.39 is 11.7 Å². The normalized spacial score (nSPS) is 13.8. The molecule has 1 heterocycles. The van der Waals surface area contributed by atoms with Crippen LogP contribution in [0.15, 0.2) is 89.1 Å². The molecule has 200 valence electrons. The van der Waals surface area contributed by atoms with Gasteiger partial charge in [0.25, 0.3) is 0 Å². The lowest BCUT2D eigenvalue weighted by Crippen LogP contribution is -2.22. The third kappa shape index (κ3) is 7.29. The molecule has 0 aromatic heterocycles. The van der Waals surface area contributed by atoms with Gasteiger partial charge in [-0.2, -0.15) is 13.2 Å². The van der Waals surface area contributed by atoms with E-state index in [0.29, 0.717) is 6.42 Å². The van der Waals surface area contributed by atoms with Crippen LogP contribution in [0.5, 0.6) is 0 Å². The van der Waals surface area contributed by atoms with Crippen LogP contribution in [0, 0.1) is 6.92 Å². The van der Waals surface area contributed by atoms with Gasteiger partial charge in [-0.1, -0.05) is 61.0 Å². The Hall–Kier alpha value is -3.03. The monoisotopic (exact) mass is 537 g/mol. The van der Waals surface area contributed by atoms with Gasteiger partial charge in [-0.05, 0) is 73.2 Å². The van der Waals surface area contributed by atoms with Crippen LogP contribution in [-0.2, 0) is 19.1 Å². The van der Waals surface area contributed by atoms with Gasteiger partial charge in [0.05, 0.1) is 11.3 Å². The van der Waals surface area contributed by atoms with Crippen molar-refractivity contribution in [3.63, 3.8) is 0 Å². The van der Waals surface area contributed by atoms with Gasteiger partial charge in [0.15, 0.2) is 0 Å². The largest absolute Gasteiger partial charge is 0.416 e. The molecule has 38 heavy (non-hydrogen) atoms. The third-order valence-corrected chi connectivity index (χ3v) is 7.80. The molecule has 1 aliphatic heterocycles. The fourth-order valence-electron chi connectivity index (χ4n) is 4.46. The number of aliphatic imine (C=N–C) groups is 1. The van der Waals surface area contributed by atoms with Crippen molar-refractivity contribution in [1.82, 2.24) is 4.31 Å². The van der Waals surface area contributed by atoms with Crippen molar-refractivity contribution in [1.29, 1.82) is 0 Å². The van der Waals surface area contributed by atoms with Crippen LogP contribution in [0.3, 0.4) is 0 Å². The highest BCUT2D eigenvalue weighted by Gasteiger charge is 2.30. The molecule has 0 radical (unpaired) electrons. The molecule has 0 N–H and O–H groups in total. The molecule has 3 aromatic carbocycles. The lowest BCUT2D eigenvalue weighted by Gasteiger charge is -2.26. The van der Waals surface area contributed by atoms with E-state index >= 15 is 0 Å². The van der Waals surface area contributed by atoms with Crippen molar-refractivity contribution in [2.24, 2.45) is 4.99 Å². The number of nitrogens with zero attached hydrogens (tertiary/aromatic N) is 3. The number of allylic oxidation sites excluding steroid dienone is 2. The van der Waals surface area contributed by atoms with Gasteiger partial charge in [0.1, 0.15) is 0 Å². The summed E-state index contributed by atoms with van der Waals surface area (Å²) in [4.78, 5) is 4.80. The Kier molecular flexibility index (Phi) is 9.00. The van der Waals surface area contributed by atoms with Crippen molar-refractivity contribution in [3.8, 4) is 0 Å². The molecule has 0 aliphatic carbocycles. The number of alkyl halides is 3. The van der Waals surface area contributed by atoms with Crippen molar-refractivity contribution in [2.75, 3.05) is 17.9 Å². The first-order valence-electron chi connectivity index (χ1n) is 12.9. The first-order chi connectivity index (χ1) is 18.1. The quantitative estimate of drug-likeness (QED) is 0.241. The highest BCUT2D eigenvalue weighted by Crippen LogP contribution is 2.31. The summed E-state index contributed by atoms with van der Waals surface area (Å²) in [6.07, 6.45) is -1.97. The van der Waals surface area contributed by atoms with Crippen molar-refractivity contribution >= 4 is 23.5 Å². The Bertz CT molecular complexity index is 1300. The van der Waals surface area contributed by atoms with Crippen molar-refractivity contribution in [3.05, 3.63) is 112 Å². The minimum atomic E-state index is -4.33. The van der Waals surface area contributed by atoms with Crippen molar-refractivity contribution < 1.29 is 13.2 Å². The van der Waals surface area contributed by atoms with E-state index in [-0.39, 0.29) is 0 Å². The molecule has 0 spiro atoms. The second kappa shape index (κ2) is 12.2. The molecule has 3 nitrogen and oxygen atoms in total. The van der Waals surface area contributed by atoms with E-state index in [4.69, 9.17) is 4.99 Å². The van der Waals surface area contributed by atoms with E-state index in [1.165, 1.54) is 40.1 Å². The smallest absolute Gasteiger partial charge is 0.306 e. The Morgan fingerprint density at radius 1 is 0.895 bits per heavy atom. The second-order valence-corrected chi connectivity index (χ2v) is 11.0. The average Bonchev–Trinajstić information content (AvgIpc) is 3.27. The Balaban J connectivity index is 1.35. The summed E-state index contributed by atoms with van der Waals surface area (Å²) in [5.74, 6) is 0. The number of aryl methyl sites for hydroxylation is 2. The maximum Gasteiger partial charge on any atom is 0.416 e. The molecule has 4 rings (SSSR count). The van der Waals surface area contributed by atoms with Crippen LogP contribution in [0.4, 0.5) is 18.9 Å². The zero-order valence-corrected chi connectivity index (χ0v) is 23.2. The third-order valence-electron chi connectivity index (χ3n) is 6.73. The number of anilines is 1. The van der Waals surface area contributed by atoms with Gasteiger partial charge in [0.2, 0.25) is 0 Å². The predicted octanol–water partition coefficient (Wildman–Crippen LogP) is 8.63. The Labute approximate surface area is 228 Å². The van der Waals surface area contributed by atoms with Crippen LogP contribution in [0.25, 0.3) is 0 Å². The van der Waals surface area contributed by atoms with Crippen LogP contribution < -0.4 is 4.31 Å². The highest BCUT2D eigenvalue weighted by atomic mass is 32.2. The Morgan fingerprint density at radius 2 is 1.58 bits per heavy atom. The molecule has 0 fully saturated rings. The molecule has 0 saturated heterocycles. The maximum atomic E-state index is 12.9. The van der Waals surface area contributed by atoms with E-state index in [1.54, 1.807) is 12.1 Å². The number of rotatable bonds is 10. The Morgan fingerprint density at radius 3 is 2.24 bits per heavy atom. The number of halogens is 3. The fourth-order valence-corrected chi connectivity index (χ4v) is 5.35. The number of hydrogen-bond donors (Lipinski definition) is 0. The molecular weight excluding hydrogens is 503 g/mol. The fraction of sp³-hybridized carbons (Fsp3) is 0.323. The molecule has 0 bridgehead atoms. The number of benzene rings is 3. The standard InChI is InChI=1S/C31H34F3N3S/c1-5-37(38-36(4)28-16-9-22(2)10-17-28)21-25-8-6-7-24(20-25)11-18-29-23(3)19-30(35-29)26-12-14-27(15-13-26)31(32,33)34/h6-10,12-17,20H,5,11,18-19,21H2,1-4H3. The van der Waals surface area contributed by atoms with Gasteiger partial charge in [-0.15, -0.1) is 0 Å². The topological polar surface area (TPSA) is 18.8 Å². The summed E-state index contributed by atoms with van der Waals surface area (Å²) in [6, 6.07) is 22.5. The predicted molar refractivity (Wildman–Crippen MR) is 153 cm³/mol. The minimum absolute atomic E-state index is 0.633. The SMILES string of the molecule is CCN(Cc1cccc(CCC2=C(C)CC(c3ccc(C(F)(F)F)cc3)=N2)c1)SN(C)c1ccc(C)cc1. The van der Waals surface area contributed by atoms with Gasteiger partial charge in [0, 0.05) is 50.1 Å². The van der Waals surface area contributed by atoms with E-state index in [1.807, 2.05) is 0 Å². The summed E-state index contributed by atoms with van der Waals surface area (Å²) >= 11 is 1.72. The molecule has 0 unspecified atom stereocenters. The molecule has 7 heteroatoms. The van der Waals surface area contributed by atoms with Crippen LogP contribution in [0.1, 0.15) is 54.5 Å². The van der Waals surface area contributed by atoms with Crippen LogP contribution in [-0.4, -0.2) is 23.6 Å². The molecular formula is C31H34F3N3S. The molecule has 3 aromatic rings. The molecule has 0 amide bonds. The maximum absolute atomic E-state index is 12.9. The number of hydrogen-bond acceptors (Lipinski definition) is 4. The first kappa shape index (κ1) is 28.0. The summed E-state index contributed by atoms with van der Waals surface area (Å²) < 4.78 is 43.2. The first-order valence-corrected chi connectivity index (χ1v) is 13.6. The van der Waals surface area contributed by atoms with E-state index in [9.17, 15) is 13.2 Å². The zero-order valence-electron chi connectivity index (χ0n) is 22.3. The summed E-state index contributed by atoms with van der Waals surface area (Å²) in [7, 11) is 2.09. The van der Waals surface area contributed by atoms with Crippen LogP contribution in [0.2, 0.25) is 0 Å². The lowest BCUT2D eigenvalue weighted by atomic mass is 10.0. The summed E-state index contributed by atoms with van der Waals surface area (Å²) in [5, 5.41) is 0. The van der Waals surface area contributed by atoms with Gasteiger partial charge in [-0.3, -0.25) is 4.99 Å². The van der Waals surface area contributed by atoms with Gasteiger partial charge in [-0.25, -0.2) is 4.31 Å². The van der Waals surface area contributed by atoms with Crippen molar-refractivity contribution in [2.45, 2.75) is 52.8 Å². The van der Waals surface area contributed by atoms with Gasteiger partial charge >= 0.3 is 6.18 Å².